The number of benzene rings is 1. The third-order valence-electron chi connectivity index (χ3n) is 7.75. The molecule has 3 N–H and O–H groups in total. The Kier molecular flexibility index (Phi) is 7.08. The van der Waals surface area contributed by atoms with Crippen LogP contribution in [0.2, 0.25) is 0 Å². The third-order valence-corrected chi connectivity index (χ3v) is 7.75. The Bertz CT molecular complexity index is 1770. The molecule has 1 aromatic carbocycles. The average molecular weight is 620 g/mol. The van der Waals surface area contributed by atoms with Gasteiger partial charge in [-0.2, -0.15) is 13.2 Å². The molecule has 2 amide bonds. The van der Waals surface area contributed by atoms with Gasteiger partial charge in [0.2, 0.25) is 5.91 Å². The van der Waals surface area contributed by atoms with E-state index in [1.54, 1.807) is 10.6 Å². The van der Waals surface area contributed by atoms with Crippen LogP contribution in [0.1, 0.15) is 53.3 Å². The molecule has 0 radical (unpaired) electrons. The van der Waals surface area contributed by atoms with Crippen LogP contribution in [0.25, 0.3) is 16.8 Å². The van der Waals surface area contributed by atoms with E-state index in [1.807, 2.05) is 4.90 Å². The van der Waals surface area contributed by atoms with Gasteiger partial charge in [0.15, 0.2) is 0 Å². The second-order valence-corrected chi connectivity index (χ2v) is 10.5. The zero-order chi connectivity index (χ0) is 31.4. The molecule has 6 rings (SSSR count). The normalized spacial score (nSPS) is 18.9. The second-order valence-electron chi connectivity index (χ2n) is 10.5. The molecule has 0 spiro atoms. The fourth-order valence-electron chi connectivity index (χ4n) is 5.77. The van der Waals surface area contributed by atoms with Crippen molar-refractivity contribution >= 4 is 29.0 Å². The van der Waals surface area contributed by atoms with Gasteiger partial charge >= 0.3 is 12.5 Å². The standard InChI is InChI=1S/C28H23F6N7O3/c29-27(30,31)16-7-8-36-20(12-16)38-26(43)14-2-5-18(19(11-14)44-28(32,33)34)22-23-24(35)37-9-10-40(23)25(39-22)15-1-3-17-4-6-21(42)41(17)13-15/h2,5,7-12,15,17H,1,3-4,6,13H2,(H2,35,37)(H,36,38,43)/t15-,17+/m1/s1. The number of halogens is 6. The Hall–Kier alpha value is -4.89. The van der Waals surface area contributed by atoms with Crippen LogP contribution in [0, 0.1) is 0 Å². The highest BCUT2D eigenvalue weighted by molar-refractivity contribution is 6.04. The molecule has 0 bridgehead atoms. The number of carbonyl (C=O) groups excluding carboxylic acids is 2. The van der Waals surface area contributed by atoms with E-state index in [0.717, 1.165) is 25.1 Å². The van der Waals surface area contributed by atoms with Crippen molar-refractivity contribution < 1.29 is 40.7 Å². The van der Waals surface area contributed by atoms with Gasteiger partial charge in [-0.3, -0.25) is 14.0 Å². The zero-order valence-corrected chi connectivity index (χ0v) is 22.6. The Morgan fingerprint density at radius 3 is 2.57 bits per heavy atom. The molecule has 44 heavy (non-hydrogen) atoms. The molecule has 2 atom stereocenters. The monoisotopic (exact) mass is 619 g/mol. The maximum Gasteiger partial charge on any atom is 0.573 e. The lowest BCUT2D eigenvalue weighted by atomic mass is 9.92. The van der Waals surface area contributed by atoms with E-state index < -0.39 is 35.6 Å². The van der Waals surface area contributed by atoms with Crippen molar-refractivity contribution in [1.29, 1.82) is 0 Å². The van der Waals surface area contributed by atoms with Crippen LogP contribution in [-0.2, 0) is 11.0 Å². The molecular weight excluding hydrogens is 596 g/mol. The summed E-state index contributed by atoms with van der Waals surface area (Å²) in [6.07, 6.45) is -3.38. The highest BCUT2D eigenvalue weighted by Crippen LogP contribution is 2.41. The van der Waals surface area contributed by atoms with Crippen LogP contribution in [-0.4, -0.2) is 55.0 Å². The summed E-state index contributed by atoms with van der Waals surface area (Å²) in [6, 6.07) is 4.60. The Morgan fingerprint density at radius 1 is 1.02 bits per heavy atom. The minimum atomic E-state index is -5.18. The quantitative estimate of drug-likeness (QED) is 0.286. The van der Waals surface area contributed by atoms with Crippen LogP contribution in [0.4, 0.5) is 38.0 Å². The number of rotatable bonds is 5. The molecular formula is C28H23F6N7O3. The molecule has 2 aliphatic heterocycles. The number of aromatic nitrogens is 4. The van der Waals surface area contributed by atoms with Crippen molar-refractivity contribution in [2.75, 3.05) is 17.6 Å². The largest absolute Gasteiger partial charge is 0.573 e. The van der Waals surface area contributed by atoms with Gasteiger partial charge in [0.25, 0.3) is 5.91 Å². The number of hydrogen-bond acceptors (Lipinski definition) is 7. The number of anilines is 2. The van der Waals surface area contributed by atoms with Gasteiger partial charge in [-0.25, -0.2) is 15.0 Å². The van der Waals surface area contributed by atoms with E-state index >= 15 is 0 Å². The molecule has 0 saturated carbocycles. The number of piperidine rings is 1. The summed E-state index contributed by atoms with van der Waals surface area (Å²) in [6.45, 7) is 0.388. The van der Waals surface area contributed by atoms with E-state index in [4.69, 9.17) is 5.73 Å². The van der Waals surface area contributed by atoms with Crippen molar-refractivity contribution in [3.8, 4) is 17.0 Å². The SMILES string of the molecule is Nc1nccn2c([C@@H]3CC[C@H]4CCC(=O)N4C3)nc(-c3ccc(C(=O)Nc4cc(C(F)(F)F)ccn4)cc3OC(F)(F)F)c12. The number of fused-ring (bicyclic) bond motifs is 2. The van der Waals surface area contributed by atoms with Gasteiger partial charge in [0.1, 0.15) is 34.4 Å². The highest BCUT2D eigenvalue weighted by atomic mass is 19.4. The summed E-state index contributed by atoms with van der Waals surface area (Å²) in [5.41, 5.74) is 4.80. The molecule has 16 heteroatoms. The first-order valence-electron chi connectivity index (χ1n) is 13.4. The van der Waals surface area contributed by atoms with Crippen molar-refractivity contribution in [1.82, 2.24) is 24.3 Å². The van der Waals surface area contributed by atoms with E-state index in [-0.39, 0.29) is 46.0 Å². The maximum absolute atomic E-state index is 13.6. The molecule has 5 heterocycles. The number of imidazole rings is 1. The predicted octanol–water partition coefficient (Wildman–Crippen LogP) is 5.41. The predicted molar refractivity (Wildman–Crippen MR) is 143 cm³/mol. The van der Waals surface area contributed by atoms with Crippen LogP contribution in [0.15, 0.2) is 48.9 Å². The summed E-state index contributed by atoms with van der Waals surface area (Å²) in [4.78, 5) is 39.6. The van der Waals surface area contributed by atoms with E-state index in [9.17, 15) is 35.9 Å². The zero-order valence-electron chi connectivity index (χ0n) is 22.6. The fourth-order valence-corrected chi connectivity index (χ4v) is 5.77. The number of amides is 2. The molecule has 0 aliphatic carbocycles. The third kappa shape index (κ3) is 5.58. The van der Waals surface area contributed by atoms with Crippen molar-refractivity contribution in [3.05, 3.63) is 65.9 Å². The van der Waals surface area contributed by atoms with Gasteiger partial charge in [-0.15, -0.1) is 13.2 Å². The van der Waals surface area contributed by atoms with Crippen molar-refractivity contribution in [2.24, 2.45) is 0 Å². The van der Waals surface area contributed by atoms with Crippen molar-refractivity contribution in [3.63, 3.8) is 0 Å². The number of nitrogens with zero attached hydrogens (tertiary/aromatic N) is 5. The summed E-state index contributed by atoms with van der Waals surface area (Å²) in [7, 11) is 0. The van der Waals surface area contributed by atoms with E-state index in [0.29, 0.717) is 37.3 Å². The first-order chi connectivity index (χ1) is 20.8. The van der Waals surface area contributed by atoms with Gasteiger partial charge in [0.05, 0.1) is 5.56 Å². The number of pyridine rings is 1. The van der Waals surface area contributed by atoms with Crippen LogP contribution >= 0.6 is 0 Å². The summed E-state index contributed by atoms with van der Waals surface area (Å²) in [5, 5.41) is 2.16. The highest BCUT2D eigenvalue weighted by Gasteiger charge is 2.39. The second kappa shape index (κ2) is 10.7. The Labute approximate surface area is 244 Å². The number of ether oxygens (including phenoxy) is 1. The smallest absolute Gasteiger partial charge is 0.405 e. The lowest BCUT2D eigenvalue weighted by molar-refractivity contribution is -0.274. The number of alkyl halides is 6. The molecule has 230 valence electrons. The molecule has 10 nitrogen and oxygen atoms in total. The van der Waals surface area contributed by atoms with Crippen LogP contribution < -0.4 is 15.8 Å². The van der Waals surface area contributed by atoms with E-state index in [1.165, 1.54) is 18.3 Å². The average Bonchev–Trinajstić information content (AvgIpc) is 3.53. The lowest BCUT2D eigenvalue weighted by Gasteiger charge is -2.34. The lowest BCUT2D eigenvalue weighted by Crippen LogP contribution is -2.41. The number of nitrogen functional groups attached to an aromatic ring is 1. The number of carbonyl (C=O) groups is 2. The van der Waals surface area contributed by atoms with Gasteiger partial charge < -0.3 is 20.7 Å². The Morgan fingerprint density at radius 2 is 1.82 bits per heavy atom. The van der Waals surface area contributed by atoms with Crippen molar-refractivity contribution in [2.45, 2.75) is 50.2 Å². The fraction of sp³-hybridized carbons (Fsp3) is 0.321. The maximum atomic E-state index is 13.6. The topological polar surface area (TPSA) is 128 Å². The van der Waals surface area contributed by atoms with Gasteiger partial charge in [-0.1, -0.05) is 0 Å². The first-order valence-corrected chi connectivity index (χ1v) is 13.4. The number of nitrogens with two attached hydrogens (primary N) is 1. The molecule has 4 aromatic rings. The molecule has 0 unspecified atom stereocenters. The Balaban J connectivity index is 1.39. The molecule has 2 aliphatic rings. The number of hydrogen-bond donors (Lipinski definition) is 2. The summed E-state index contributed by atoms with van der Waals surface area (Å²) >= 11 is 0. The van der Waals surface area contributed by atoms with Gasteiger partial charge in [0, 0.05) is 54.6 Å². The summed E-state index contributed by atoms with van der Waals surface area (Å²) in [5.74, 6) is -2.04. The minimum Gasteiger partial charge on any atom is -0.405 e. The number of nitrogens with one attached hydrogen (secondary N) is 1. The van der Waals surface area contributed by atoms with E-state index in [2.05, 4.69) is 25.0 Å². The molecule has 3 aromatic heterocycles. The summed E-state index contributed by atoms with van der Waals surface area (Å²) < 4.78 is 85.9. The minimum absolute atomic E-state index is 0.00576. The van der Waals surface area contributed by atoms with Gasteiger partial charge in [-0.05, 0) is 49.6 Å². The molecule has 2 saturated heterocycles. The van der Waals surface area contributed by atoms with Crippen LogP contribution in [0.5, 0.6) is 5.75 Å². The van der Waals surface area contributed by atoms with Crippen LogP contribution in [0.3, 0.4) is 0 Å². The first kappa shape index (κ1) is 29.2. The molecule has 2 fully saturated rings.